The van der Waals surface area contributed by atoms with E-state index in [-0.39, 0.29) is 24.6 Å². The lowest BCUT2D eigenvalue weighted by molar-refractivity contribution is -0.0881. The first-order valence-electron chi connectivity index (χ1n) is 11.1. The summed E-state index contributed by atoms with van der Waals surface area (Å²) in [5, 5.41) is 11.6. The van der Waals surface area contributed by atoms with Gasteiger partial charge in [-0.25, -0.2) is 13.8 Å². The average molecular weight is 491 g/mol. The molecule has 2 heterocycles. The molecule has 0 bridgehead atoms. The summed E-state index contributed by atoms with van der Waals surface area (Å²) in [4.78, 5) is 20.4. The van der Waals surface area contributed by atoms with Gasteiger partial charge in [-0.15, -0.1) is 0 Å². The lowest BCUT2D eigenvalue weighted by Gasteiger charge is -2.27. The van der Waals surface area contributed by atoms with Crippen LogP contribution >= 0.6 is 0 Å². The molecule has 2 aromatic carbocycles. The van der Waals surface area contributed by atoms with Crippen molar-refractivity contribution in [2.24, 2.45) is 10.7 Å². The lowest BCUT2D eigenvalue weighted by Crippen LogP contribution is -2.37. The molecular formula is C26H23F2N5O3. The molecular weight excluding hydrogens is 468 g/mol. The number of benzene rings is 2. The largest absolute Gasteiger partial charge is 0.486 e. The molecule has 8 nitrogen and oxygen atoms in total. The Morgan fingerprint density at radius 2 is 1.94 bits per heavy atom. The fourth-order valence-corrected chi connectivity index (χ4v) is 3.64. The van der Waals surface area contributed by atoms with Crippen molar-refractivity contribution in [2.75, 3.05) is 18.5 Å². The van der Waals surface area contributed by atoms with Crippen molar-refractivity contribution in [1.29, 1.82) is 5.26 Å². The number of nitrogens with two attached hydrogens (primary N) is 1. The van der Waals surface area contributed by atoms with Crippen LogP contribution in [-0.4, -0.2) is 41.9 Å². The molecule has 1 unspecified atom stereocenters. The Hall–Kier alpha value is -4.36. The van der Waals surface area contributed by atoms with Crippen molar-refractivity contribution >= 4 is 17.4 Å². The van der Waals surface area contributed by atoms with Gasteiger partial charge in [-0.2, -0.15) is 5.26 Å². The Labute approximate surface area is 206 Å². The summed E-state index contributed by atoms with van der Waals surface area (Å²) in [5.41, 5.74) is 7.42. The Bertz CT molecular complexity index is 1260. The van der Waals surface area contributed by atoms with Gasteiger partial charge in [0.1, 0.15) is 48.7 Å². The third-order valence-electron chi connectivity index (χ3n) is 5.48. The monoisotopic (exact) mass is 491 g/mol. The van der Waals surface area contributed by atoms with Gasteiger partial charge in [-0.3, -0.25) is 9.79 Å². The molecule has 4 rings (SSSR count). The van der Waals surface area contributed by atoms with Gasteiger partial charge in [0, 0.05) is 18.3 Å². The lowest BCUT2D eigenvalue weighted by atomic mass is 9.98. The van der Waals surface area contributed by atoms with Crippen molar-refractivity contribution in [3.8, 4) is 11.8 Å². The van der Waals surface area contributed by atoms with E-state index in [0.717, 1.165) is 0 Å². The maximum Gasteiger partial charge on any atom is 0.293 e. The zero-order valence-electron chi connectivity index (χ0n) is 19.1. The van der Waals surface area contributed by atoms with E-state index >= 15 is 0 Å². The number of halogens is 2. The standard InChI is InChI=1S/C26H23F2N5O3/c27-26(28)16-35-15-24(30)33-23(26)12-22(18-4-2-1-3-5-18)36-20-9-7-19(8-10-20)32-25(34)21-11-6-17(13-29)14-31-21/h1-11,14,22-23H,12,15-16H2,(H2,30,33)(H,32,34)/t22?,23-/m0/s1. The van der Waals surface area contributed by atoms with E-state index in [9.17, 15) is 13.6 Å². The number of aromatic nitrogens is 1. The van der Waals surface area contributed by atoms with Crippen LogP contribution in [0.15, 0.2) is 77.9 Å². The molecule has 3 aromatic rings. The summed E-state index contributed by atoms with van der Waals surface area (Å²) >= 11 is 0. The van der Waals surface area contributed by atoms with Crippen LogP contribution in [-0.2, 0) is 4.74 Å². The highest BCUT2D eigenvalue weighted by molar-refractivity contribution is 6.02. The van der Waals surface area contributed by atoms with Crippen LogP contribution in [0.3, 0.4) is 0 Å². The van der Waals surface area contributed by atoms with Crippen LogP contribution in [0, 0.1) is 11.3 Å². The van der Waals surface area contributed by atoms with Crippen molar-refractivity contribution in [2.45, 2.75) is 24.5 Å². The number of nitrogens with zero attached hydrogens (tertiary/aromatic N) is 3. The highest BCUT2D eigenvalue weighted by Gasteiger charge is 2.43. The number of nitrogens with one attached hydrogen (secondary N) is 1. The first kappa shape index (κ1) is 24.8. The van der Waals surface area contributed by atoms with Crippen LogP contribution in [0.5, 0.6) is 5.75 Å². The van der Waals surface area contributed by atoms with Crippen molar-refractivity contribution in [1.82, 2.24) is 4.98 Å². The number of pyridine rings is 1. The normalized spacial score (nSPS) is 17.7. The number of anilines is 1. The van der Waals surface area contributed by atoms with Gasteiger partial charge in [0.2, 0.25) is 0 Å². The fraction of sp³-hybridized carbons (Fsp3) is 0.231. The number of rotatable bonds is 7. The van der Waals surface area contributed by atoms with Gasteiger partial charge in [0.15, 0.2) is 0 Å². The minimum atomic E-state index is -3.20. The Balaban J connectivity index is 1.49. The number of hydrogen-bond donors (Lipinski definition) is 2. The number of aliphatic imine (C=N–C) groups is 1. The van der Waals surface area contributed by atoms with Gasteiger partial charge < -0.3 is 20.5 Å². The van der Waals surface area contributed by atoms with Gasteiger partial charge in [-0.1, -0.05) is 30.3 Å². The van der Waals surface area contributed by atoms with E-state index in [1.165, 1.54) is 18.3 Å². The van der Waals surface area contributed by atoms with Crippen molar-refractivity contribution < 1.29 is 23.0 Å². The molecule has 0 fully saturated rings. The maximum atomic E-state index is 14.7. The summed E-state index contributed by atoms with van der Waals surface area (Å²) in [5.74, 6) is -3.21. The molecule has 2 atom stereocenters. The van der Waals surface area contributed by atoms with Crippen LogP contribution < -0.4 is 15.8 Å². The number of carbonyl (C=O) groups is 1. The Morgan fingerprint density at radius 3 is 2.61 bits per heavy atom. The second kappa shape index (κ2) is 10.9. The first-order chi connectivity index (χ1) is 17.3. The molecule has 0 radical (unpaired) electrons. The molecule has 10 heteroatoms. The van der Waals surface area contributed by atoms with Crippen LogP contribution in [0.4, 0.5) is 14.5 Å². The fourth-order valence-electron chi connectivity index (χ4n) is 3.64. The second-order valence-electron chi connectivity index (χ2n) is 8.17. The first-order valence-corrected chi connectivity index (χ1v) is 11.1. The number of nitriles is 1. The zero-order chi connectivity index (χ0) is 25.5. The summed E-state index contributed by atoms with van der Waals surface area (Å²) < 4.78 is 40.4. The molecule has 1 aromatic heterocycles. The molecule has 3 N–H and O–H groups in total. The minimum Gasteiger partial charge on any atom is -0.486 e. The Morgan fingerprint density at radius 1 is 1.19 bits per heavy atom. The highest BCUT2D eigenvalue weighted by atomic mass is 19.3. The number of ether oxygens (including phenoxy) is 2. The van der Waals surface area contributed by atoms with E-state index < -0.39 is 30.6 Å². The smallest absolute Gasteiger partial charge is 0.293 e. The quantitative estimate of drug-likeness (QED) is 0.513. The van der Waals surface area contributed by atoms with E-state index in [1.807, 2.05) is 12.1 Å². The van der Waals surface area contributed by atoms with Gasteiger partial charge in [0.25, 0.3) is 11.8 Å². The third-order valence-corrected chi connectivity index (χ3v) is 5.48. The topological polar surface area (TPSA) is 123 Å². The number of carbonyl (C=O) groups excluding carboxylic acids is 1. The molecule has 0 saturated heterocycles. The number of alkyl halides is 2. The molecule has 0 saturated carbocycles. The average Bonchev–Trinajstić information content (AvgIpc) is 3.01. The molecule has 1 aliphatic rings. The van der Waals surface area contributed by atoms with Gasteiger partial charge in [0.05, 0.1) is 5.56 Å². The summed E-state index contributed by atoms with van der Waals surface area (Å²) in [7, 11) is 0. The minimum absolute atomic E-state index is 0.0147. The van der Waals surface area contributed by atoms with Crippen LogP contribution in [0.2, 0.25) is 0 Å². The summed E-state index contributed by atoms with van der Waals surface area (Å²) in [6.07, 6.45) is 0.459. The van der Waals surface area contributed by atoms with E-state index in [0.29, 0.717) is 22.6 Å². The number of hydrogen-bond acceptors (Lipinski definition) is 7. The molecule has 1 aliphatic heterocycles. The second-order valence-corrected chi connectivity index (χ2v) is 8.17. The van der Waals surface area contributed by atoms with E-state index in [2.05, 4.69) is 15.3 Å². The summed E-state index contributed by atoms with van der Waals surface area (Å²) in [6.45, 7) is -0.917. The predicted molar refractivity (Wildman–Crippen MR) is 129 cm³/mol. The predicted octanol–water partition coefficient (Wildman–Crippen LogP) is 4.11. The molecule has 0 spiro atoms. The maximum absolute atomic E-state index is 14.7. The van der Waals surface area contributed by atoms with Gasteiger partial charge >= 0.3 is 0 Å². The number of amidine groups is 1. The molecule has 0 aliphatic carbocycles. The Kier molecular flexibility index (Phi) is 7.51. The van der Waals surface area contributed by atoms with Crippen molar-refractivity contribution in [3.05, 3.63) is 89.7 Å². The zero-order valence-corrected chi connectivity index (χ0v) is 19.1. The van der Waals surface area contributed by atoms with Crippen LogP contribution in [0.25, 0.3) is 0 Å². The number of amides is 1. The van der Waals surface area contributed by atoms with Crippen molar-refractivity contribution in [3.63, 3.8) is 0 Å². The van der Waals surface area contributed by atoms with Crippen LogP contribution in [0.1, 0.15) is 34.1 Å². The van der Waals surface area contributed by atoms with Gasteiger partial charge in [-0.05, 0) is 42.0 Å². The molecule has 36 heavy (non-hydrogen) atoms. The van der Waals surface area contributed by atoms with E-state index in [1.54, 1.807) is 48.5 Å². The van der Waals surface area contributed by atoms with E-state index in [4.69, 9.17) is 20.5 Å². The summed E-state index contributed by atoms with van der Waals surface area (Å²) in [6, 6.07) is 19.0. The highest BCUT2D eigenvalue weighted by Crippen LogP contribution is 2.34. The SMILES string of the molecule is N#Cc1ccc(C(=O)Nc2ccc(OC(C[C@@H]3N=C(N)COCC3(F)F)c3ccccc3)cc2)nc1. The molecule has 1 amide bonds. The molecule has 184 valence electrons. The third kappa shape index (κ3) is 6.20.